The molecule has 0 fully saturated rings. The third-order valence-electron chi connectivity index (χ3n) is 5.40. The quantitative estimate of drug-likeness (QED) is 0.561. The van der Waals surface area contributed by atoms with Gasteiger partial charge in [-0.05, 0) is 62.2 Å². The smallest absolute Gasteiger partial charge is 0.163 e. The number of aromatic nitrogens is 1. The Morgan fingerprint density at radius 1 is 0.871 bits per heavy atom. The molecule has 1 aromatic heterocycles. The molecule has 0 spiro atoms. The Hall–Kier alpha value is -3.12. The lowest BCUT2D eigenvalue weighted by Gasteiger charge is -2.20. The van der Waals surface area contributed by atoms with Gasteiger partial charge in [-0.15, -0.1) is 0 Å². The molecule has 0 bridgehead atoms. The third kappa shape index (κ3) is 4.08. The van der Waals surface area contributed by atoms with E-state index in [-0.39, 0.29) is 6.04 Å². The summed E-state index contributed by atoms with van der Waals surface area (Å²) in [5.74, 6) is 3.03. The minimum atomic E-state index is -0.00130. The average molecular weight is 423 g/mol. The van der Waals surface area contributed by atoms with Crippen molar-refractivity contribution in [3.8, 4) is 28.7 Å². The molecular weight excluding hydrogens is 392 g/mol. The van der Waals surface area contributed by atoms with Crippen LogP contribution < -0.4 is 24.3 Å². The van der Waals surface area contributed by atoms with E-state index in [2.05, 4.69) is 52.5 Å². The lowest BCUT2D eigenvalue weighted by atomic mass is 10.0. The van der Waals surface area contributed by atoms with Crippen molar-refractivity contribution in [2.45, 2.75) is 33.4 Å². The summed E-state index contributed by atoms with van der Waals surface area (Å²) in [5.41, 5.74) is 4.52. The largest absolute Gasteiger partial charge is 0.493 e. The van der Waals surface area contributed by atoms with E-state index in [4.69, 9.17) is 18.9 Å². The normalized spacial score (nSPS) is 14.9. The van der Waals surface area contributed by atoms with Crippen LogP contribution in [0.2, 0.25) is 0 Å². The highest BCUT2D eigenvalue weighted by Gasteiger charge is 2.25. The molecule has 6 nitrogen and oxygen atoms in total. The van der Waals surface area contributed by atoms with Crippen molar-refractivity contribution in [3.63, 3.8) is 0 Å². The summed E-state index contributed by atoms with van der Waals surface area (Å²) in [5, 5.41) is 3.71. The van der Waals surface area contributed by atoms with Crippen molar-refractivity contribution in [3.05, 3.63) is 65.5 Å². The molecule has 0 amide bonds. The molecule has 3 aromatic rings. The number of benzene rings is 2. The minimum Gasteiger partial charge on any atom is -0.493 e. The number of hydrogen-bond donors (Lipinski definition) is 1. The van der Waals surface area contributed by atoms with Gasteiger partial charge in [-0.2, -0.15) is 0 Å². The molecule has 0 saturated heterocycles. The maximum absolute atomic E-state index is 5.88. The molecule has 2 heterocycles. The lowest BCUT2D eigenvalue weighted by Crippen LogP contribution is -2.21. The van der Waals surface area contributed by atoms with E-state index in [1.165, 1.54) is 0 Å². The van der Waals surface area contributed by atoms with Gasteiger partial charge < -0.3 is 28.8 Å². The van der Waals surface area contributed by atoms with Crippen molar-refractivity contribution in [2.24, 2.45) is 0 Å². The zero-order valence-corrected chi connectivity index (χ0v) is 18.6. The van der Waals surface area contributed by atoms with Crippen molar-refractivity contribution in [1.29, 1.82) is 0 Å². The average Bonchev–Trinajstić information content (AvgIpc) is 3.20. The van der Waals surface area contributed by atoms with E-state index in [1.54, 1.807) is 7.11 Å². The number of rotatable bonds is 8. The fourth-order valence-corrected chi connectivity index (χ4v) is 4.09. The van der Waals surface area contributed by atoms with E-state index >= 15 is 0 Å². The number of fused-ring (bicyclic) bond motifs is 3. The highest BCUT2D eigenvalue weighted by molar-refractivity contribution is 5.57. The molecule has 1 N–H and O–H groups in total. The van der Waals surface area contributed by atoms with Gasteiger partial charge in [0.1, 0.15) is 0 Å². The van der Waals surface area contributed by atoms with Crippen molar-refractivity contribution in [2.75, 3.05) is 26.9 Å². The van der Waals surface area contributed by atoms with Gasteiger partial charge in [-0.3, -0.25) is 0 Å². The van der Waals surface area contributed by atoms with Gasteiger partial charge in [-0.1, -0.05) is 6.07 Å². The monoisotopic (exact) mass is 422 g/mol. The molecular formula is C25H30N2O4. The Labute approximate surface area is 183 Å². The van der Waals surface area contributed by atoms with Crippen molar-refractivity contribution >= 4 is 0 Å². The second-order valence-corrected chi connectivity index (χ2v) is 7.25. The third-order valence-corrected chi connectivity index (χ3v) is 5.40. The van der Waals surface area contributed by atoms with Gasteiger partial charge in [0, 0.05) is 24.5 Å². The number of methoxy groups -OCH3 is 1. The SMILES string of the molecule is CCOc1cc([C@@H]2NCc3cc(OCC)c(OCC)cc3-n3cccc32)ccc1OC. The number of nitrogens with one attached hydrogen (secondary N) is 1. The van der Waals surface area contributed by atoms with Crippen LogP contribution >= 0.6 is 0 Å². The molecule has 164 valence electrons. The van der Waals surface area contributed by atoms with Crippen LogP contribution in [0.1, 0.15) is 43.6 Å². The first-order valence-corrected chi connectivity index (χ1v) is 10.8. The first-order chi connectivity index (χ1) is 15.2. The lowest BCUT2D eigenvalue weighted by molar-refractivity contribution is 0.287. The van der Waals surface area contributed by atoms with Crippen LogP contribution in [0.5, 0.6) is 23.0 Å². The van der Waals surface area contributed by atoms with Crippen molar-refractivity contribution < 1.29 is 18.9 Å². The molecule has 2 aromatic carbocycles. The molecule has 31 heavy (non-hydrogen) atoms. The summed E-state index contributed by atoms with van der Waals surface area (Å²) in [6, 6.07) is 14.5. The Kier molecular flexibility index (Phi) is 6.37. The van der Waals surface area contributed by atoms with Gasteiger partial charge in [0.15, 0.2) is 23.0 Å². The summed E-state index contributed by atoms with van der Waals surface area (Å²) < 4.78 is 25.2. The Morgan fingerprint density at radius 3 is 2.23 bits per heavy atom. The fraction of sp³-hybridized carbons (Fsp3) is 0.360. The molecule has 0 unspecified atom stereocenters. The second kappa shape index (κ2) is 9.35. The predicted molar refractivity (Wildman–Crippen MR) is 121 cm³/mol. The van der Waals surface area contributed by atoms with E-state index < -0.39 is 0 Å². The molecule has 6 heteroatoms. The van der Waals surface area contributed by atoms with Crippen LogP contribution in [0.3, 0.4) is 0 Å². The van der Waals surface area contributed by atoms with E-state index in [0.717, 1.165) is 45.5 Å². The molecule has 1 aliphatic heterocycles. The Balaban J connectivity index is 1.78. The van der Waals surface area contributed by atoms with Gasteiger partial charge in [-0.25, -0.2) is 0 Å². The first kappa shape index (κ1) is 21.1. The maximum atomic E-state index is 5.88. The topological polar surface area (TPSA) is 53.9 Å². The Morgan fingerprint density at radius 2 is 1.55 bits per heavy atom. The van der Waals surface area contributed by atoms with Gasteiger partial charge in [0.2, 0.25) is 0 Å². The zero-order valence-electron chi connectivity index (χ0n) is 18.6. The summed E-state index contributed by atoms with van der Waals surface area (Å²) in [7, 11) is 1.66. The van der Waals surface area contributed by atoms with Crippen LogP contribution in [0.4, 0.5) is 0 Å². The van der Waals surface area contributed by atoms with Gasteiger partial charge in [0.25, 0.3) is 0 Å². The van der Waals surface area contributed by atoms with Crippen LogP contribution in [-0.2, 0) is 6.54 Å². The number of hydrogen-bond acceptors (Lipinski definition) is 5. The van der Waals surface area contributed by atoms with Crippen LogP contribution in [0.15, 0.2) is 48.7 Å². The van der Waals surface area contributed by atoms with Gasteiger partial charge in [0.05, 0.1) is 38.7 Å². The summed E-state index contributed by atoms with van der Waals surface area (Å²) >= 11 is 0. The maximum Gasteiger partial charge on any atom is 0.163 e. The van der Waals surface area contributed by atoms with Crippen LogP contribution in [-0.4, -0.2) is 31.5 Å². The molecule has 0 saturated carbocycles. The fourth-order valence-electron chi connectivity index (χ4n) is 4.09. The number of ether oxygens (including phenoxy) is 4. The van der Waals surface area contributed by atoms with Gasteiger partial charge >= 0.3 is 0 Å². The molecule has 4 rings (SSSR count). The first-order valence-electron chi connectivity index (χ1n) is 10.8. The molecule has 0 aliphatic carbocycles. The van der Waals surface area contributed by atoms with E-state index in [0.29, 0.717) is 26.4 Å². The van der Waals surface area contributed by atoms with Crippen LogP contribution in [0, 0.1) is 0 Å². The predicted octanol–water partition coefficient (Wildman–Crippen LogP) is 4.87. The Bertz CT molecular complexity index is 1040. The molecule has 1 aliphatic rings. The zero-order chi connectivity index (χ0) is 21.8. The summed E-state index contributed by atoms with van der Waals surface area (Å²) in [6.07, 6.45) is 2.09. The van der Waals surface area contributed by atoms with E-state index in [9.17, 15) is 0 Å². The van der Waals surface area contributed by atoms with Crippen molar-refractivity contribution in [1.82, 2.24) is 9.88 Å². The second-order valence-electron chi connectivity index (χ2n) is 7.25. The summed E-state index contributed by atoms with van der Waals surface area (Å²) in [6.45, 7) is 8.41. The summed E-state index contributed by atoms with van der Waals surface area (Å²) in [4.78, 5) is 0. The molecule has 0 radical (unpaired) electrons. The van der Waals surface area contributed by atoms with Crippen LogP contribution in [0.25, 0.3) is 5.69 Å². The standard InChI is InChI=1S/C25H30N2O4/c1-5-29-22-13-17(10-11-21(22)28-4)25-19-9-8-12-27(19)20-15-24(31-7-3)23(30-6-2)14-18(20)16-26-25/h8-15,25-26H,5-7,16H2,1-4H3/t25-/m0/s1. The highest BCUT2D eigenvalue weighted by atomic mass is 16.5. The number of nitrogens with zero attached hydrogens (tertiary/aromatic N) is 1. The molecule has 1 atom stereocenters. The van der Waals surface area contributed by atoms with E-state index in [1.807, 2.05) is 26.8 Å². The minimum absolute atomic E-state index is 0.00130. The highest BCUT2D eigenvalue weighted by Crippen LogP contribution is 2.39.